The molecule has 12 heteroatoms. The maximum absolute atomic E-state index is 12.5. The van der Waals surface area contributed by atoms with Crippen LogP contribution in [0.25, 0.3) is 22.1 Å². The standard InChI is InChI=1S/C19H25F3N6O2S/c1-2-31(29,30)26-10-16-27-15-9-24-18-14(7-8-23-18)17(15)28(16)13-5-3-12(4-6-13)25-11-19(20,21)22/h7-9,12-13,25-26H,2-6,10-11H2,1H3,(H,23,24). The number of rotatable bonds is 7. The first-order valence-corrected chi connectivity index (χ1v) is 11.9. The Kier molecular flexibility index (Phi) is 5.97. The number of nitrogens with zero attached hydrogens (tertiary/aromatic N) is 3. The molecule has 3 N–H and O–H groups in total. The van der Waals surface area contributed by atoms with Crippen molar-refractivity contribution in [3.63, 3.8) is 0 Å². The molecular formula is C19H25F3N6O2S. The van der Waals surface area contributed by atoms with Crippen molar-refractivity contribution in [1.29, 1.82) is 0 Å². The highest BCUT2D eigenvalue weighted by molar-refractivity contribution is 7.89. The third kappa shape index (κ3) is 4.85. The van der Waals surface area contributed by atoms with E-state index in [0.29, 0.717) is 42.7 Å². The van der Waals surface area contributed by atoms with Crippen molar-refractivity contribution in [1.82, 2.24) is 29.6 Å². The highest BCUT2D eigenvalue weighted by Crippen LogP contribution is 2.35. The number of aromatic amines is 1. The van der Waals surface area contributed by atoms with Gasteiger partial charge in [0.05, 0.1) is 30.6 Å². The van der Waals surface area contributed by atoms with Gasteiger partial charge in [-0.25, -0.2) is 23.1 Å². The summed E-state index contributed by atoms with van der Waals surface area (Å²) in [6.07, 6.45) is 1.74. The van der Waals surface area contributed by atoms with Crippen molar-refractivity contribution in [2.75, 3.05) is 12.3 Å². The van der Waals surface area contributed by atoms with E-state index in [4.69, 9.17) is 0 Å². The van der Waals surface area contributed by atoms with Gasteiger partial charge >= 0.3 is 6.18 Å². The predicted molar refractivity (Wildman–Crippen MR) is 111 cm³/mol. The van der Waals surface area contributed by atoms with E-state index in [-0.39, 0.29) is 24.4 Å². The number of imidazole rings is 1. The number of halogens is 3. The van der Waals surface area contributed by atoms with E-state index >= 15 is 0 Å². The summed E-state index contributed by atoms with van der Waals surface area (Å²) in [7, 11) is -3.41. The van der Waals surface area contributed by atoms with Crippen molar-refractivity contribution in [3.05, 3.63) is 24.3 Å². The number of aromatic nitrogens is 4. The van der Waals surface area contributed by atoms with Gasteiger partial charge in [-0.1, -0.05) is 0 Å². The number of nitrogens with one attached hydrogen (secondary N) is 3. The summed E-state index contributed by atoms with van der Waals surface area (Å²) >= 11 is 0. The van der Waals surface area contributed by atoms with Gasteiger partial charge in [-0.05, 0) is 38.7 Å². The number of hydrogen-bond acceptors (Lipinski definition) is 5. The molecule has 1 fully saturated rings. The molecule has 31 heavy (non-hydrogen) atoms. The fraction of sp³-hybridized carbons (Fsp3) is 0.579. The van der Waals surface area contributed by atoms with Crippen LogP contribution in [-0.2, 0) is 16.6 Å². The molecule has 0 saturated heterocycles. The summed E-state index contributed by atoms with van der Waals surface area (Å²) in [5.74, 6) is 0.543. The van der Waals surface area contributed by atoms with Crippen LogP contribution in [0.2, 0.25) is 0 Å². The van der Waals surface area contributed by atoms with E-state index in [2.05, 4.69) is 25.0 Å². The second kappa shape index (κ2) is 8.40. The predicted octanol–water partition coefficient (Wildman–Crippen LogP) is 2.99. The number of pyridine rings is 1. The van der Waals surface area contributed by atoms with Gasteiger partial charge in [-0.3, -0.25) is 0 Å². The van der Waals surface area contributed by atoms with Gasteiger partial charge < -0.3 is 14.9 Å². The zero-order valence-corrected chi connectivity index (χ0v) is 17.9. The Balaban J connectivity index is 1.63. The van der Waals surface area contributed by atoms with Gasteiger partial charge in [0.2, 0.25) is 10.0 Å². The molecule has 170 valence electrons. The molecule has 1 saturated carbocycles. The smallest absolute Gasteiger partial charge is 0.346 e. The molecule has 3 aromatic heterocycles. The van der Waals surface area contributed by atoms with Crippen LogP contribution in [0.1, 0.15) is 44.5 Å². The Morgan fingerprint density at radius 1 is 1.26 bits per heavy atom. The molecule has 0 bridgehead atoms. The van der Waals surface area contributed by atoms with Gasteiger partial charge in [-0.15, -0.1) is 0 Å². The molecule has 0 atom stereocenters. The Labute approximate surface area is 177 Å². The van der Waals surface area contributed by atoms with Crippen LogP contribution in [0, 0.1) is 0 Å². The molecule has 4 rings (SSSR count). The first kappa shape index (κ1) is 22.0. The Bertz CT molecular complexity index is 1160. The van der Waals surface area contributed by atoms with Gasteiger partial charge in [0, 0.05) is 23.7 Å². The van der Waals surface area contributed by atoms with E-state index in [9.17, 15) is 21.6 Å². The minimum Gasteiger partial charge on any atom is -0.346 e. The summed E-state index contributed by atoms with van der Waals surface area (Å²) < 4.78 is 66.2. The van der Waals surface area contributed by atoms with Gasteiger partial charge in [0.15, 0.2) is 0 Å². The maximum Gasteiger partial charge on any atom is 0.401 e. The first-order chi connectivity index (χ1) is 14.7. The molecule has 1 aliphatic rings. The van der Waals surface area contributed by atoms with Crippen LogP contribution in [-0.4, -0.2) is 52.5 Å². The number of H-pyrrole nitrogens is 1. The van der Waals surface area contributed by atoms with E-state index in [1.165, 1.54) is 0 Å². The summed E-state index contributed by atoms with van der Waals surface area (Å²) in [4.78, 5) is 12.1. The van der Waals surface area contributed by atoms with Crippen LogP contribution >= 0.6 is 0 Å². The van der Waals surface area contributed by atoms with E-state index in [1.54, 1.807) is 19.3 Å². The fourth-order valence-electron chi connectivity index (χ4n) is 4.23. The summed E-state index contributed by atoms with van der Waals surface area (Å²) in [6, 6.07) is 1.72. The van der Waals surface area contributed by atoms with Crippen molar-refractivity contribution < 1.29 is 21.6 Å². The van der Waals surface area contributed by atoms with Crippen molar-refractivity contribution in [2.24, 2.45) is 0 Å². The zero-order chi connectivity index (χ0) is 22.2. The Hall–Kier alpha value is -2.18. The summed E-state index contributed by atoms with van der Waals surface area (Å²) in [6.45, 7) is 0.618. The molecule has 0 aliphatic heterocycles. The maximum atomic E-state index is 12.5. The molecule has 0 spiro atoms. The van der Waals surface area contributed by atoms with Crippen LogP contribution < -0.4 is 10.0 Å². The summed E-state index contributed by atoms with van der Waals surface area (Å²) in [5.41, 5.74) is 2.23. The Morgan fingerprint density at radius 3 is 2.68 bits per heavy atom. The van der Waals surface area contributed by atoms with Crippen molar-refractivity contribution in [2.45, 2.75) is 57.4 Å². The highest BCUT2D eigenvalue weighted by atomic mass is 32.2. The largest absolute Gasteiger partial charge is 0.401 e. The van der Waals surface area contributed by atoms with E-state index in [1.807, 2.05) is 10.6 Å². The first-order valence-electron chi connectivity index (χ1n) is 10.3. The van der Waals surface area contributed by atoms with Crippen molar-refractivity contribution in [3.8, 4) is 0 Å². The topological polar surface area (TPSA) is 105 Å². The van der Waals surface area contributed by atoms with Crippen LogP contribution in [0.4, 0.5) is 13.2 Å². The van der Waals surface area contributed by atoms with Gasteiger partial charge in [-0.2, -0.15) is 13.2 Å². The second-order valence-electron chi connectivity index (χ2n) is 7.86. The molecule has 1 aliphatic carbocycles. The lowest BCUT2D eigenvalue weighted by atomic mass is 9.90. The minimum atomic E-state index is -4.23. The fourth-order valence-corrected chi connectivity index (χ4v) is 4.79. The average molecular weight is 459 g/mol. The number of fused-ring (bicyclic) bond motifs is 3. The molecule has 0 radical (unpaired) electrons. The minimum absolute atomic E-state index is 0.00978. The molecule has 8 nitrogen and oxygen atoms in total. The van der Waals surface area contributed by atoms with E-state index < -0.39 is 22.7 Å². The monoisotopic (exact) mass is 458 g/mol. The van der Waals surface area contributed by atoms with Gasteiger partial charge in [0.25, 0.3) is 0 Å². The lowest BCUT2D eigenvalue weighted by Crippen LogP contribution is -2.39. The second-order valence-corrected chi connectivity index (χ2v) is 9.95. The molecule has 0 aromatic carbocycles. The quantitative estimate of drug-likeness (QED) is 0.505. The third-order valence-corrected chi connectivity index (χ3v) is 7.13. The highest BCUT2D eigenvalue weighted by Gasteiger charge is 2.31. The third-order valence-electron chi connectivity index (χ3n) is 5.79. The van der Waals surface area contributed by atoms with Crippen LogP contribution in [0.3, 0.4) is 0 Å². The van der Waals surface area contributed by atoms with Gasteiger partial charge in [0.1, 0.15) is 17.0 Å². The molecule has 0 unspecified atom stereocenters. The lowest BCUT2D eigenvalue weighted by Gasteiger charge is -2.31. The lowest BCUT2D eigenvalue weighted by molar-refractivity contribution is -0.126. The van der Waals surface area contributed by atoms with Crippen LogP contribution in [0.15, 0.2) is 18.5 Å². The van der Waals surface area contributed by atoms with Crippen LogP contribution in [0.5, 0.6) is 0 Å². The normalized spacial score (nSPS) is 20.6. The Morgan fingerprint density at radius 2 is 2.00 bits per heavy atom. The van der Waals surface area contributed by atoms with Crippen molar-refractivity contribution >= 4 is 32.1 Å². The average Bonchev–Trinajstić information content (AvgIpc) is 3.34. The molecular weight excluding hydrogens is 433 g/mol. The number of alkyl halides is 3. The molecule has 3 heterocycles. The summed E-state index contributed by atoms with van der Waals surface area (Å²) in [5, 5.41) is 3.48. The number of sulfonamides is 1. The molecule has 3 aromatic rings. The number of hydrogen-bond donors (Lipinski definition) is 3. The zero-order valence-electron chi connectivity index (χ0n) is 17.0. The SMILES string of the molecule is CCS(=O)(=O)NCc1nc2cnc3[nH]ccc3c2n1C1CCC(NCC(F)(F)F)CC1. The van der Waals surface area contributed by atoms with E-state index in [0.717, 1.165) is 10.9 Å². The molecule has 0 amide bonds.